The molecule has 0 amide bonds. The van der Waals surface area contributed by atoms with Crippen LogP contribution >= 0.6 is 0 Å². The summed E-state index contributed by atoms with van der Waals surface area (Å²) in [6, 6.07) is 0. The van der Waals surface area contributed by atoms with E-state index < -0.39 is 5.97 Å². The molecule has 60 valence electrons. The molecule has 0 aliphatic carbocycles. The Balaban J connectivity index is 2.80. The van der Waals surface area contributed by atoms with Crippen LogP contribution in [0.5, 0.6) is 0 Å². The zero-order valence-electron chi connectivity index (χ0n) is 5.90. The maximum atomic E-state index is 10.7. The summed E-state index contributed by atoms with van der Waals surface area (Å²) in [4.78, 5) is 14.3. The molecule has 0 saturated carbocycles. The van der Waals surface area contributed by atoms with Crippen LogP contribution in [-0.4, -0.2) is 23.2 Å². The molecule has 1 rings (SSSR count). The Morgan fingerprint density at radius 1 is 1.82 bits per heavy atom. The summed E-state index contributed by atoms with van der Waals surface area (Å²) in [6.45, 7) is 0.139. The molecule has 0 radical (unpaired) electrons. The molecule has 11 heavy (non-hydrogen) atoms. The number of nitrogens with two attached hydrogens (primary N) is 1. The van der Waals surface area contributed by atoms with Crippen molar-refractivity contribution in [3.63, 3.8) is 0 Å². The lowest BCUT2D eigenvalue weighted by Gasteiger charge is -1.87. The Kier molecular flexibility index (Phi) is 2.17. The average molecular weight is 157 g/mol. The molecule has 0 spiro atoms. The third kappa shape index (κ3) is 1.53. The standard InChI is InChI=1S/C5H7N3O3/c1-10-5(9)4-7-3(2-6)8-11-4/h2,6H2,1H3. The number of esters is 1. The summed E-state index contributed by atoms with van der Waals surface area (Å²) >= 11 is 0. The first-order valence-corrected chi connectivity index (χ1v) is 2.89. The molecule has 6 heteroatoms. The van der Waals surface area contributed by atoms with Gasteiger partial charge in [-0.3, -0.25) is 0 Å². The second-order valence-electron chi connectivity index (χ2n) is 1.71. The largest absolute Gasteiger partial charge is 0.462 e. The van der Waals surface area contributed by atoms with Crippen molar-refractivity contribution in [2.75, 3.05) is 7.11 Å². The topological polar surface area (TPSA) is 91.2 Å². The molecule has 1 heterocycles. The van der Waals surface area contributed by atoms with E-state index in [4.69, 9.17) is 5.73 Å². The molecule has 0 aromatic carbocycles. The molecular formula is C5H7N3O3. The van der Waals surface area contributed by atoms with Crippen LogP contribution in [0.3, 0.4) is 0 Å². The van der Waals surface area contributed by atoms with Gasteiger partial charge in [0.05, 0.1) is 13.7 Å². The third-order valence-corrected chi connectivity index (χ3v) is 1.01. The van der Waals surface area contributed by atoms with E-state index in [1.54, 1.807) is 0 Å². The van der Waals surface area contributed by atoms with Crippen LogP contribution < -0.4 is 5.73 Å². The zero-order chi connectivity index (χ0) is 8.27. The number of rotatable bonds is 2. The van der Waals surface area contributed by atoms with Crippen molar-refractivity contribution in [1.82, 2.24) is 10.1 Å². The SMILES string of the molecule is COC(=O)c1nc(CN)no1. The van der Waals surface area contributed by atoms with E-state index in [1.807, 2.05) is 0 Å². The summed E-state index contributed by atoms with van der Waals surface area (Å²) in [5, 5.41) is 3.39. The minimum atomic E-state index is -0.655. The highest BCUT2D eigenvalue weighted by Gasteiger charge is 2.13. The van der Waals surface area contributed by atoms with Gasteiger partial charge in [-0.25, -0.2) is 4.79 Å². The Morgan fingerprint density at radius 3 is 3.00 bits per heavy atom. The van der Waals surface area contributed by atoms with Gasteiger partial charge in [0.1, 0.15) is 0 Å². The molecule has 0 aliphatic heterocycles. The van der Waals surface area contributed by atoms with Gasteiger partial charge in [0.2, 0.25) is 0 Å². The number of carbonyl (C=O) groups is 1. The smallest absolute Gasteiger partial charge is 0.397 e. The van der Waals surface area contributed by atoms with Crippen molar-refractivity contribution in [2.24, 2.45) is 5.73 Å². The lowest BCUT2D eigenvalue weighted by atomic mass is 10.6. The number of methoxy groups -OCH3 is 1. The third-order valence-electron chi connectivity index (χ3n) is 1.01. The summed E-state index contributed by atoms with van der Waals surface area (Å²) in [5.41, 5.74) is 5.17. The second kappa shape index (κ2) is 3.11. The van der Waals surface area contributed by atoms with Crippen LogP contribution in [0, 0.1) is 0 Å². The van der Waals surface area contributed by atoms with Crippen molar-refractivity contribution < 1.29 is 14.1 Å². The van der Waals surface area contributed by atoms with E-state index in [-0.39, 0.29) is 18.3 Å². The summed E-state index contributed by atoms with van der Waals surface area (Å²) < 4.78 is 8.81. The van der Waals surface area contributed by atoms with Gasteiger partial charge in [0.25, 0.3) is 0 Å². The van der Waals surface area contributed by atoms with Crippen LogP contribution in [0.15, 0.2) is 4.52 Å². The second-order valence-corrected chi connectivity index (χ2v) is 1.71. The fraction of sp³-hybridized carbons (Fsp3) is 0.400. The summed E-state index contributed by atoms with van der Waals surface area (Å²) in [5.74, 6) is -0.546. The van der Waals surface area contributed by atoms with Crippen LogP contribution in [0.2, 0.25) is 0 Å². The van der Waals surface area contributed by atoms with E-state index >= 15 is 0 Å². The van der Waals surface area contributed by atoms with E-state index in [0.29, 0.717) is 0 Å². The maximum Gasteiger partial charge on any atom is 0.397 e. The van der Waals surface area contributed by atoms with Gasteiger partial charge in [-0.1, -0.05) is 5.16 Å². The maximum absolute atomic E-state index is 10.7. The molecule has 0 unspecified atom stereocenters. The van der Waals surface area contributed by atoms with E-state index in [9.17, 15) is 4.79 Å². The van der Waals surface area contributed by atoms with Gasteiger partial charge in [-0.15, -0.1) is 0 Å². The van der Waals surface area contributed by atoms with Crippen molar-refractivity contribution in [2.45, 2.75) is 6.54 Å². The van der Waals surface area contributed by atoms with Crippen molar-refractivity contribution in [1.29, 1.82) is 0 Å². The van der Waals surface area contributed by atoms with E-state index in [0.717, 1.165) is 0 Å². The normalized spacial score (nSPS) is 9.64. The van der Waals surface area contributed by atoms with Crippen molar-refractivity contribution >= 4 is 5.97 Å². The Hall–Kier alpha value is -1.43. The van der Waals surface area contributed by atoms with E-state index in [2.05, 4.69) is 19.4 Å². The van der Waals surface area contributed by atoms with Gasteiger partial charge in [0, 0.05) is 0 Å². The molecular weight excluding hydrogens is 150 g/mol. The Morgan fingerprint density at radius 2 is 2.55 bits per heavy atom. The van der Waals surface area contributed by atoms with Gasteiger partial charge >= 0.3 is 11.9 Å². The average Bonchev–Trinajstić information content (AvgIpc) is 2.50. The zero-order valence-corrected chi connectivity index (χ0v) is 5.90. The molecule has 0 atom stereocenters. The Labute approximate surface area is 62.3 Å². The fourth-order valence-corrected chi connectivity index (χ4v) is 0.507. The number of hydrogen-bond donors (Lipinski definition) is 1. The molecule has 0 bridgehead atoms. The lowest BCUT2D eigenvalue weighted by molar-refractivity contribution is 0.0545. The fourth-order valence-electron chi connectivity index (χ4n) is 0.507. The van der Waals surface area contributed by atoms with Crippen LogP contribution in [-0.2, 0) is 11.3 Å². The van der Waals surface area contributed by atoms with Gasteiger partial charge in [-0.2, -0.15) is 4.98 Å². The number of ether oxygens (including phenoxy) is 1. The number of aromatic nitrogens is 2. The minimum absolute atomic E-state index is 0.139. The quantitative estimate of drug-likeness (QED) is 0.571. The molecule has 2 N–H and O–H groups in total. The van der Waals surface area contributed by atoms with Crippen LogP contribution in [0.1, 0.15) is 16.5 Å². The van der Waals surface area contributed by atoms with Crippen LogP contribution in [0.25, 0.3) is 0 Å². The van der Waals surface area contributed by atoms with E-state index in [1.165, 1.54) is 7.11 Å². The van der Waals surface area contributed by atoms with Crippen LogP contribution in [0.4, 0.5) is 0 Å². The minimum Gasteiger partial charge on any atom is -0.462 e. The van der Waals surface area contributed by atoms with Gasteiger partial charge in [0.15, 0.2) is 5.82 Å². The predicted molar refractivity (Wildman–Crippen MR) is 33.5 cm³/mol. The van der Waals surface area contributed by atoms with Crippen molar-refractivity contribution in [3.05, 3.63) is 11.7 Å². The first kappa shape index (κ1) is 7.67. The first-order chi connectivity index (χ1) is 5.27. The molecule has 0 aliphatic rings. The molecule has 1 aromatic rings. The first-order valence-electron chi connectivity index (χ1n) is 2.89. The molecule has 0 saturated heterocycles. The number of hydrogen-bond acceptors (Lipinski definition) is 6. The van der Waals surface area contributed by atoms with Gasteiger partial charge in [-0.05, 0) is 0 Å². The highest BCUT2D eigenvalue weighted by Crippen LogP contribution is 1.97. The lowest BCUT2D eigenvalue weighted by Crippen LogP contribution is -2.03. The number of nitrogens with zero attached hydrogens (tertiary/aromatic N) is 2. The number of carbonyl (C=O) groups excluding carboxylic acids is 1. The molecule has 0 fully saturated rings. The monoisotopic (exact) mass is 157 g/mol. The Bertz CT molecular complexity index is 257. The highest BCUT2D eigenvalue weighted by molar-refractivity contribution is 5.83. The predicted octanol–water partition coefficient (Wildman–Crippen LogP) is -0.685. The van der Waals surface area contributed by atoms with Crippen molar-refractivity contribution in [3.8, 4) is 0 Å². The summed E-state index contributed by atoms with van der Waals surface area (Å²) in [6.07, 6.45) is 0. The molecule has 1 aromatic heterocycles. The van der Waals surface area contributed by atoms with Gasteiger partial charge < -0.3 is 15.0 Å². The highest BCUT2D eigenvalue weighted by atomic mass is 16.6. The summed E-state index contributed by atoms with van der Waals surface area (Å²) in [7, 11) is 1.23. The molecule has 6 nitrogen and oxygen atoms in total.